The Hall–Kier alpha value is -2.42. The number of hydrogen-bond acceptors (Lipinski definition) is 4. The number of nitrogens with one attached hydrogen (secondary N) is 1. The van der Waals surface area contributed by atoms with Gasteiger partial charge in [-0.3, -0.25) is 4.79 Å². The third-order valence-corrected chi connectivity index (χ3v) is 4.96. The highest BCUT2D eigenvalue weighted by Gasteiger charge is 2.33. The van der Waals surface area contributed by atoms with Crippen LogP contribution in [0.5, 0.6) is 0 Å². The molecule has 0 saturated carbocycles. The van der Waals surface area contributed by atoms with Crippen molar-refractivity contribution in [1.82, 2.24) is 25.2 Å². The number of halogens is 3. The van der Waals surface area contributed by atoms with Gasteiger partial charge in [0.05, 0.1) is 17.4 Å². The van der Waals surface area contributed by atoms with Gasteiger partial charge in [-0.05, 0) is 37.5 Å². The predicted octanol–water partition coefficient (Wildman–Crippen LogP) is 2.25. The van der Waals surface area contributed by atoms with Gasteiger partial charge in [-0.1, -0.05) is 11.3 Å². The summed E-state index contributed by atoms with van der Waals surface area (Å²) in [6.07, 6.45) is 0.0236. The third-order valence-electron chi connectivity index (χ3n) is 4.96. The fourth-order valence-corrected chi connectivity index (χ4v) is 3.60. The first-order valence-electron chi connectivity index (χ1n) is 8.55. The van der Waals surface area contributed by atoms with E-state index in [0.29, 0.717) is 25.2 Å². The molecule has 0 aliphatic carbocycles. The normalized spacial score (nSPS) is 23.1. The van der Waals surface area contributed by atoms with Crippen molar-refractivity contribution >= 4 is 5.91 Å². The Morgan fingerprint density at radius 1 is 1.19 bits per heavy atom. The molecule has 138 valence electrons. The SMILES string of the molecule is O=C(c1cn(-c2cccc(C(F)(F)F)c2)nn1)N1CCC2CCC(C1)N2. The minimum absolute atomic E-state index is 0.139. The Kier molecular flexibility index (Phi) is 4.18. The summed E-state index contributed by atoms with van der Waals surface area (Å²) < 4.78 is 39.8. The highest BCUT2D eigenvalue weighted by Crippen LogP contribution is 2.30. The molecule has 26 heavy (non-hydrogen) atoms. The lowest BCUT2D eigenvalue weighted by atomic mass is 10.1. The molecule has 2 unspecified atom stereocenters. The zero-order chi connectivity index (χ0) is 18.3. The molecule has 6 nitrogen and oxygen atoms in total. The average Bonchev–Trinajstić information content (AvgIpc) is 3.20. The van der Waals surface area contributed by atoms with Crippen molar-refractivity contribution in [2.45, 2.75) is 37.5 Å². The highest BCUT2D eigenvalue weighted by molar-refractivity contribution is 5.92. The summed E-state index contributed by atoms with van der Waals surface area (Å²) >= 11 is 0. The molecule has 2 fully saturated rings. The van der Waals surface area contributed by atoms with Crippen LogP contribution in [-0.4, -0.2) is 51.0 Å². The Balaban J connectivity index is 1.53. The summed E-state index contributed by atoms with van der Waals surface area (Å²) in [6, 6.07) is 5.53. The van der Waals surface area contributed by atoms with Crippen LogP contribution in [0.2, 0.25) is 0 Å². The molecule has 2 aromatic rings. The van der Waals surface area contributed by atoms with E-state index < -0.39 is 11.7 Å². The fraction of sp³-hybridized carbons (Fsp3) is 0.471. The second-order valence-electron chi connectivity index (χ2n) is 6.77. The van der Waals surface area contributed by atoms with E-state index in [1.165, 1.54) is 23.0 Å². The topological polar surface area (TPSA) is 63.1 Å². The number of fused-ring (bicyclic) bond motifs is 2. The Bertz CT molecular complexity index is 819. The minimum atomic E-state index is -4.44. The summed E-state index contributed by atoms with van der Waals surface area (Å²) in [5.74, 6) is -0.238. The van der Waals surface area contributed by atoms with Gasteiger partial charge < -0.3 is 10.2 Å². The van der Waals surface area contributed by atoms with E-state index in [4.69, 9.17) is 0 Å². The lowest BCUT2D eigenvalue weighted by molar-refractivity contribution is -0.137. The summed E-state index contributed by atoms with van der Waals surface area (Å²) in [6.45, 7) is 1.26. The van der Waals surface area contributed by atoms with Crippen LogP contribution in [0.4, 0.5) is 13.2 Å². The summed E-state index contributed by atoms with van der Waals surface area (Å²) in [5, 5.41) is 11.2. The quantitative estimate of drug-likeness (QED) is 0.887. The van der Waals surface area contributed by atoms with E-state index in [1.807, 2.05) is 0 Å². The van der Waals surface area contributed by atoms with Gasteiger partial charge in [0.15, 0.2) is 5.69 Å². The molecule has 2 atom stereocenters. The Morgan fingerprint density at radius 2 is 2.00 bits per heavy atom. The molecular weight excluding hydrogens is 347 g/mol. The molecular formula is C17H18F3N5O. The number of carbonyl (C=O) groups is 1. The van der Waals surface area contributed by atoms with E-state index >= 15 is 0 Å². The third kappa shape index (κ3) is 3.31. The van der Waals surface area contributed by atoms with Crippen molar-refractivity contribution in [3.05, 3.63) is 41.7 Å². The standard InChI is InChI=1S/C17H18F3N5O/c18-17(19,20)11-2-1-3-14(8-11)25-10-15(22-23-25)16(26)24-7-6-12-4-5-13(9-24)21-12/h1-3,8,10,12-13,21H,4-7,9H2. The number of likely N-dealkylation sites (tertiary alicyclic amines) is 1. The molecule has 1 aromatic heterocycles. The number of nitrogens with zero attached hydrogens (tertiary/aromatic N) is 4. The highest BCUT2D eigenvalue weighted by atomic mass is 19.4. The monoisotopic (exact) mass is 365 g/mol. The molecule has 4 rings (SSSR count). The molecule has 9 heteroatoms. The minimum Gasteiger partial charge on any atom is -0.336 e. The second-order valence-corrected chi connectivity index (χ2v) is 6.77. The van der Waals surface area contributed by atoms with Gasteiger partial charge in [0.1, 0.15) is 0 Å². The van der Waals surface area contributed by atoms with Crippen LogP contribution in [0.1, 0.15) is 35.3 Å². The summed E-state index contributed by atoms with van der Waals surface area (Å²) in [5.41, 5.74) is -0.420. The molecule has 2 bridgehead atoms. The van der Waals surface area contributed by atoms with E-state index in [1.54, 1.807) is 4.90 Å². The lowest BCUT2D eigenvalue weighted by Gasteiger charge is -2.23. The van der Waals surface area contributed by atoms with Gasteiger partial charge in [-0.2, -0.15) is 13.2 Å². The Labute approximate surface area is 148 Å². The molecule has 2 aliphatic heterocycles. The second kappa shape index (κ2) is 6.39. The first-order valence-corrected chi connectivity index (χ1v) is 8.55. The predicted molar refractivity (Wildman–Crippen MR) is 86.8 cm³/mol. The molecule has 0 spiro atoms. The fourth-order valence-electron chi connectivity index (χ4n) is 3.60. The van der Waals surface area contributed by atoms with Crippen molar-refractivity contribution in [3.8, 4) is 5.69 Å². The summed E-state index contributed by atoms with van der Waals surface area (Å²) in [7, 11) is 0. The number of amides is 1. The van der Waals surface area contributed by atoms with Crippen LogP contribution in [0.15, 0.2) is 30.5 Å². The van der Waals surface area contributed by atoms with Crippen LogP contribution in [0.3, 0.4) is 0 Å². The maximum atomic E-state index is 12.9. The molecule has 2 saturated heterocycles. The van der Waals surface area contributed by atoms with Crippen molar-refractivity contribution < 1.29 is 18.0 Å². The zero-order valence-electron chi connectivity index (χ0n) is 13.9. The molecule has 0 radical (unpaired) electrons. The summed E-state index contributed by atoms with van der Waals surface area (Å²) in [4.78, 5) is 14.4. The van der Waals surface area contributed by atoms with Crippen molar-refractivity contribution in [2.75, 3.05) is 13.1 Å². The molecule has 1 amide bonds. The first-order chi connectivity index (χ1) is 12.4. The first kappa shape index (κ1) is 17.0. The zero-order valence-corrected chi connectivity index (χ0v) is 13.9. The maximum Gasteiger partial charge on any atom is 0.416 e. The van der Waals surface area contributed by atoms with Crippen molar-refractivity contribution in [3.63, 3.8) is 0 Å². The molecule has 1 aromatic carbocycles. The number of benzene rings is 1. The van der Waals surface area contributed by atoms with Gasteiger partial charge in [0, 0.05) is 25.2 Å². The number of aromatic nitrogens is 3. The molecule has 3 heterocycles. The Morgan fingerprint density at radius 3 is 2.81 bits per heavy atom. The van der Waals surface area contributed by atoms with Gasteiger partial charge in [0.25, 0.3) is 5.91 Å². The van der Waals surface area contributed by atoms with Crippen molar-refractivity contribution in [2.24, 2.45) is 0 Å². The van der Waals surface area contributed by atoms with Crippen LogP contribution in [0, 0.1) is 0 Å². The number of hydrogen-bond donors (Lipinski definition) is 1. The van der Waals surface area contributed by atoms with E-state index in [-0.39, 0.29) is 17.3 Å². The van der Waals surface area contributed by atoms with E-state index in [9.17, 15) is 18.0 Å². The maximum absolute atomic E-state index is 12.9. The lowest BCUT2D eigenvalue weighted by Crippen LogP contribution is -2.39. The number of carbonyl (C=O) groups excluding carboxylic acids is 1. The van der Waals surface area contributed by atoms with Gasteiger partial charge in [-0.15, -0.1) is 5.10 Å². The van der Waals surface area contributed by atoms with Crippen LogP contribution < -0.4 is 5.32 Å². The van der Waals surface area contributed by atoms with Gasteiger partial charge >= 0.3 is 6.18 Å². The van der Waals surface area contributed by atoms with Crippen LogP contribution >= 0.6 is 0 Å². The van der Waals surface area contributed by atoms with Crippen LogP contribution in [-0.2, 0) is 6.18 Å². The largest absolute Gasteiger partial charge is 0.416 e. The van der Waals surface area contributed by atoms with Crippen molar-refractivity contribution in [1.29, 1.82) is 0 Å². The van der Waals surface area contributed by atoms with E-state index in [0.717, 1.165) is 31.4 Å². The van der Waals surface area contributed by atoms with Crippen LogP contribution in [0.25, 0.3) is 5.69 Å². The van der Waals surface area contributed by atoms with Gasteiger partial charge in [0.2, 0.25) is 0 Å². The van der Waals surface area contributed by atoms with Gasteiger partial charge in [-0.25, -0.2) is 4.68 Å². The number of rotatable bonds is 2. The molecule has 2 aliphatic rings. The number of alkyl halides is 3. The smallest absolute Gasteiger partial charge is 0.336 e. The average molecular weight is 365 g/mol. The van der Waals surface area contributed by atoms with E-state index in [2.05, 4.69) is 15.6 Å². The molecule has 1 N–H and O–H groups in total.